The molecule has 1 atom stereocenters. The summed E-state index contributed by atoms with van der Waals surface area (Å²) in [5, 5.41) is 6.60. The molecule has 1 unspecified atom stereocenters. The Morgan fingerprint density at radius 3 is 2.89 bits per heavy atom. The smallest absolute Gasteiger partial charge is 0.191 e. The maximum Gasteiger partial charge on any atom is 0.191 e. The fraction of sp³-hybridized carbons (Fsp3) is 0.429. The summed E-state index contributed by atoms with van der Waals surface area (Å²) in [6.45, 7) is 7.52. The first-order valence-corrected chi connectivity index (χ1v) is 9.50. The minimum Gasteiger partial charge on any atom is -0.488 e. The number of ether oxygens (including phenoxy) is 2. The van der Waals surface area contributed by atoms with Gasteiger partial charge in [0.15, 0.2) is 5.96 Å². The van der Waals surface area contributed by atoms with Crippen LogP contribution in [0.2, 0.25) is 0 Å². The van der Waals surface area contributed by atoms with Crippen LogP contribution in [0.1, 0.15) is 30.2 Å². The van der Waals surface area contributed by atoms with E-state index in [0.717, 1.165) is 42.5 Å². The summed E-state index contributed by atoms with van der Waals surface area (Å²) in [5.74, 6) is 1.66. The average molecular weight is 496 g/mol. The van der Waals surface area contributed by atoms with Crippen LogP contribution in [0.25, 0.3) is 0 Å². The topological polar surface area (TPSA) is 67.8 Å². The van der Waals surface area contributed by atoms with E-state index < -0.39 is 0 Å². The Bertz CT molecular complexity index is 749. The fourth-order valence-corrected chi connectivity index (χ4v) is 2.87. The molecule has 0 bridgehead atoms. The minimum atomic E-state index is 0. The van der Waals surface area contributed by atoms with Crippen LogP contribution in [-0.4, -0.2) is 36.8 Å². The van der Waals surface area contributed by atoms with Gasteiger partial charge in [0.05, 0.1) is 32.0 Å². The van der Waals surface area contributed by atoms with E-state index in [4.69, 9.17) is 14.5 Å². The van der Waals surface area contributed by atoms with E-state index in [1.165, 1.54) is 5.56 Å². The van der Waals surface area contributed by atoms with E-state index >= 15 is 0 Å². The van der Waals surface area contributed by atoms with E-state index in [2.05, 4.69) is 47.7 Å². The van der Waals surface area contributed by atoms with Crippen molar-refractivity contribution in [3.63, 3.8) is 0 Å². The Balaban J connectivity index is 0.00000280. The first kappa shape index (κ1) is 22.4. The quantitative estimate of drug-likeness (QED) is 0.350. The molecule has 0 radical (unpaired) electrons. The van der Waals surface area contributed by atoms with Crippen molar-refractivity contribution in [2.45, 2.75) is 39.5 Å². The van der Waals surface area contributed by atoms with Gasteiger partial charge < -0.3 is 20.1 Å². The number of nitrogens with zero attached hydrogens (tertiary/aromatic N) is 2. The minimum absolute atomic E-state index is 0. The van der Waals surface area contributed by atoms with Crippen molar-refractivity contribution in [3.8, 4) is 5.75 Å². The summed E-state index contributed by atoms with van der Waals surface area (Å²) in [4.78, 5) is 9.05. The summed E-state index contributed by atoms with van der Waals surface area (Å²) in [6.07, 6.45) is 2.86. The highest BCUT2D eigenvalue weighted by molar-refractivity contribution is 14.0. The SMILES string of the molecule is CCNC(=NCc1ccc(C)cc1OC1CCOC1)NCc1ccccn1.I. The molecule has 6 nitrogen and oxygen atoms in total. The summed E-state index contributed by atoms with van der Waals surface area (Å²) in [5.41, 5.74) is 3.23. The zero-order chi connectivity index (χ0) is 18.9. The van der Waals surface area contributed by atoms with E-state index in [9.17, 15) is 0 Å². The largest absolute Gasteiger partial charge is 0.488 e. The molecule has 2 N–H and O–H groups in total. The van der Waals surface area contributed by atoms with Gasteiger partial charge >= 0.3 is 0 Å². The molecule has 1 aliphatic heterocycles. The standard InChI is InChI=1S/C21H28N4O2.HI/c1-3-22-21(25-14-18-6-4-5-10-23-18)24-13-17-8-7-16(2)12-20(17)27-19-9-11-26-15-19;/h4-8,10,12,19H,3,9,11,13-15H2,1-2H3,(H2,22,24,25);1H. The van der Waals surface area contributed by atoms with Crippen molar-refractivity contribution in [1.29, 1.82) is 0 Å². The van der Waals surface area contributed by atoms with E-state index in [-0.39, 0.29) is 30.1 Å². The van der Waals surface area contributed by atoms with Gasteiger partial charge in [0.1, 0.15) is 11.9 Å². The highest BCUT2D eigenvalue weighted by Gasteiger charge is 2.18. The summed E-state index contributed by atoms with van der Waals surface area (Å²) < 4.78 is 11.6. The van der Waals surface area contributed by atoms with Crippen LogP contribution in [0.15, 0.2) is 47.6 Å². The van der Waals surface area contributed by atoms with Crippen molar-refractivity contribution in [1.82, 2.24) is 15.6 Å². The van der Waals surface area contributed by atoms with Gasteiger partial charge in [0.2, 0.25) is 0 Å². The zero-order valence-electron chi connectivity index (χ0n) is 16.5. The number of guanidine groups is 1. The highest BCUT2D eigenvalue weighted by atomic mass is 127. The first-order chi connectivity index (χ1) is 13.2. The van der Waals surface area contributed by atoms with E-state index in [1.54, 1.807) is 6.20 Å². The second kappa shape index (κ2) is 11.9. The molecule has 0 amide bonds. The summed E-state index contributed by atoms with van der Waals surface area (Å²) >= 11 is 0. The van der Waals surface area contributed by atoms with Crippen LogP contribution in [0.4, 0.5) is 0 Å². The van der Waals surface area contributed by atoms with Crippen LogP contribution in [0.5, 0.6) is 5.75 Å². The number of aromatic nitrogens is 1. The normalized spacial score (nSPS) is 16.4. The van der Waals surface area contributed by atoms with Gasteiger partial charge in [-0.1, -0.05) is 18.2 Å². The Labute approximate surface area is 184 Å². The number of nitrogens with one attached hydrogen (secondary N) is 2. The lowest BCUT2D eigenvalue weighted by Crippen LogP contribution is -2.37. The molecule has 2 heterocycles. The van der Waals surface area contributed by atoms with Crippen LogP contribution < -0.4 is 15.4 Å². The van der Waals surface area contributed by atoms with Gasteiger partial charge in [-0.05, 0) is 37.6 Å². The van der Waals surface area contributed by atoms with E-state index in [0.29, 0.717) is 19.7 Å². The zero-order valence-corrected chi connectivity index (χ0v) is 18.8. The third kappa shape index (κ3) is 6.94. The van der Waals surface area contributed by atoms with Crippen molar-refractivity contribution in [2.24, 2.45) is 4.99 Å². The average Bonchev–Trinajstić information content (AvgIpc) is 3.19. The molecular formula is C21H29IN4O2. The van der Waals surface area contributed by atoms with Crippen molar-refractivity contribution >= 4 is 29.9 Å². The Kier molecular flexibility index (Phi) is 9.49. The molecule has 1 aromatic heterocycles. The van der Waals surface area contributed by atoms with Gasteiger partial charge in [-0.15, -0.1) is 24.0 Å². The van der Waals surface area contributed by atoms with E-state index in [1.807, 2.05) is 18.2 Å². The molecule has 2 aromatic rings. The van der Waals surface area contributed by atoms with Crippen LogP contribution in [-0.2, 0) is 17.8 Å². The molecular weight excluding hydrogens is 467 g/mol. The molecule has 152 valence electrons. The third-order valence-corrected chi connectivity index (χ3v) is 4.32. The number of benzene rings is 1. The molecule has 1 saturated heterocycles. The third-order valence-electron chi connectivity index (χ3n) is 4.32. The lowest BCUT2D eigenvalue weighted by molar-refractivity contribution is 0.140. The Morgan fingerprint density at radius 2 is 2.18 bits per heavy atom. The monoisotopic (exact) mass is 496 g/mol. The lowest BCUT2D eigenvalue weighted by Gasteiger charge is -2.16. The van der Waals surface area contributed by atoms with Crippen molar-refractivity contribution in [2.75, 3.05) is 19.8 Å². The maximum absolute atomic E-state index is 6.16. The Hall–Kier alpha value is -1.87. The molecule has 7 heteroatoms. The number of aliphatic imine (C=N–C) groups is 1. The van der Waals surface area contributed by atoms with Gasteiger partial charge in [-0.25, -0.2) is 4.99 Å². The number of halogens is 1. The van der Waals surface area contributed by atoms with Crippen LogP contribution >= 0.6 is 24.0 Å². The van der Waals surface area contributed by atoms with Gasteiger partial charge in [-0.3, -0.25) is 4.98 Å². The number of hydrogen-bond donors (Lipinski definition) is 2. The number of hydrogen-bond acceptors (Lipinski definition) is 4. The molecule has 3 rings (SSSR count). The number of rotatable bonds is 7. The Morgan fingerprint density at radius 1 is 1.29 bits per heavy atom. The van der Waals surface area contributed by atoms with Gasteiger partial charge in [0, 0.05) is 24.7 Å². The highest BCUT2D eigenvalue weighted by Crippen LogP contribution is 2.24. The van der Waals surface area contributed by atoms with Crippen molar-refractivity contribution < 1.29 is 9.47 Å². The molecule has 0 aliphatic carbocycles. The molecule has 1 fully saturated rings. The summed E-state index contributed by atoms with van der Waals surface area (Å²) in [7, 11) is 0. The predicted octanol–water partition coefficient (Wildman–Crippen LogP) is 3.43. The van der Waals surface area contributed by atoms with Crippen LogP contribution in [0.3, 0.4) is 0 Å². The van der Waals surface area contributed by atoms with Gasteiger partial charge in [-0.2, -0.15) is 0 Å². The summed E-state index contributed by atoms with van der Waals surface area (Å²) in [6, 6.07) is 12.2. The fourth-order valence-electron chi connectivity index (χ4n) is 2.87. The predicted molar refractivity (Wildman–Crippen MR) is 122 cm³/mol. The molecule has 1 aliphatic rings. The van der Waals surface area contributed by atoms with Gasteiger partial charge in [0.25, 0.3) is 0 Å². The molecule has 1 aromatic carbocycles. The maximum atomic E-state index is 6.16. The lowest BCUT2D eigenvalue weighted by atomic mass is 10.1. The molecule has 0 spiro atoms. The number of aryl methyl sites for hydroxylation is 1. The first-order valence-electron chi connectivity index (χ1n) is 9.50. The second-order valence-corrected chi connectivity index (χ2v) is 6.58. The number of pyridine rings is 1. The molecule has 28 heavy (non-hydrogen) atoms. The van der Waals surface area contributed by atoms with Crippen molar-refractivity contribution in [3.05, 3.63) is 59.4 Å². The molecule has 0 saturated carbocycles. The second-order valence-electron chi connectivity index (χ2n) is 6.58. The van der Waals surface area contributed by atoms with Crippen LogP contribution in [0, 0.1) is 6.92 Å².